The molecule has 3 nitrogen and oxygen atoms in total. The quantitative estimate of drug-likeness (QED) is 0.348. The van der Waals surface area contributed by atoms with Gasteiger partial charge >= 0.3 is 34.1 Å². The predicted molar refractivity (Wildman–Crippen MR) is 5.75 cm³/mol. The minimum absolute atomic E-state index is 0. The summed E-state index contributed by atoms with van der Waals surface area (Å²) in [5.41, 5.74) is 0. The van der Waals surface area contributed by atoms with Gasteiger partial charge in [-0.1, -0.05) is 0 Å². The minimum Gasteiger partial charge on any atom is -0.907 e. The molecule has 0 amide bonds. The van der Waals surface area contributed by atoms with Crippen LogP contribution in [0.25, 0.3) is 0 Å². The van der Waals surface area contributed by atoms with Gasteiger partial charge in [0.05, 0.1) is 0 Å². The molecule has 0 spiro atoms. The molecule has 0 rings (SSSR count). The van der Waals surface area contributed by atoms with Gasteiger partial charge in [0.15, 0.2) is 0 Å². The summed E-state index contributed by atoms with van der Waals surface area (Å²) in [4.78, 5) is 0. The first-order chi connectivity index (χ1) is 1.73. The maximum Gasteiger partial charge on any atom is 2.00 e. The first-order valence-corrected chi connectivity index (χ1v) is 0.707. The topological polar surface area (TPSA) is 69.2 Å². The number of hydrogen-bond acceptors (Lipinski definition) is 3. The molecule has 0 heterocycles. The molecule has 0 aromatic carbocycles. The van der Waals surface area contributed by atoms with Crippen LogP contribution < -0.4 is 15.1 Å². The van der Waals surface area contributed by atoms with E-state index in [2.05, 4.69) is 0 Å². The van der Waals surface area contributed by atoms with Crippen molar-refractivity contribution in [1.29, 1.82) is 0 Å². The van der Waals surface area contributed by atoms with E-state index in [-0.39, 0.29) is 34.1 Å². The van der Waals surface area contributed by atoms with Crippen LogP contribution in [0.3, 0.4) is 0 Å². The number of rotatable bonds is 0. The van der Waals surface area contributed by atoms with Crippen molar-refractivity contribution in [3.8, 4) is 0 Å². The monoisotopic (exact) mass is 170 g/mol. The Bertz CT molecular complexity index is 15.5. The van der Waals surface area contributed by atoms with Gasteiger partial charge in [-0.15, -0.1) is 0 Å². The molecule has 0 bridgehead atoms. The van der Waals surface area contributed by atoms with Gasteiger partial charge in [-0.3, -0.25) is 7.32 Å². The molecule has 0 atom stereocenters. The Morgan fingerprint density at radius 2 is 1.00 bits per heavy atom. The van der Waals surface area contributed by atoms with E-state index in [4.69, 9.17) is 15.1 Å². The molecule has 1 radical (unpaired) electrons. The molecule has 0 unspecified atom stereocenters. The van der Waals surface area contributed by atoms with E-state index >= 15 is 0 Å². The van der Waals surface area contributed by atoms with Gasteiger partial charge in [0.25, 0.3) is 0 Å². The molecule has 0 aliphatic heterocycles. The Morgan fingerprint density at radius 3 is 1.00 bits per heavy atom. The van der Waals surface area contributed by atoms with E-state index in [9.17, 15) is 0 Å². The molecule has 0 aliphatic carbocycles. The van der Waals surface area contributed by atoms with Gasteiger partial charge in [-0.2, -0.15) is 0 Å². The summed E-state index contributed by atoms with van der Waals surface area (Å²) in [7, 11) is -2.92. The first-order valence-electron chi connectivity index (χ1n) is 0.707. The van der Waals surface area contributed by atoms with E-state index < -0.39 is 7.32 Å². The number of hydrogen-bond donors (Lipinski definition) is 0. The van der Waals surface area contributed by atoms with Crippen molar-refractivity contribution in [2.75, 3.05) is 0 Å². The van der Waals surface area contributed by atoms with Crippen molar-refractivity contribution in [2.24, 2.45) is 0 Å². The van der Waals surface area contributed by atoms with Gasteiger partial charge in [-0.05, 0) is 0 Å². The molecule has 0 aliphatic rings. The second-order valence-electron chi connectivity index (χ2n) is 0.289. The van der Waals surface area contributed by atoms with E-state index in [0.29, 0.717) is 0 Å². The second-order valence-corrected chi connectivity index (χ2v) is 0.289. The summed E-state index contributed by atoms with van der Waals surface area (Å²) in [5.74, 6) is 0. The third-order valence-corrected chi connectivity index (χ3v) is 0. The average molecular weight is 170 g/mol. The van der Waals surface area contributed by atoms with Crippen LogP contribution in [0.15, 0.2) is 0 Å². The summed E-state index contributed by atoms with van der Waals surface area (Å²) in [6.07, 6.45) is 0. The van der Waals surface area contributed by atoms with E-state index in [1.54, 1.807) is 0 Å². The third kappa shape index (κ3) is 81.7. The zero-order valence-electron chi connectivity index (χ0n) is 2.53. The standard InChI is InChI=1S/BO3.Fe.Mn/c2-1(3)4;;/q-3;2*+2. The molecule has 0 aromatic rings. The van der Waals surface area contributed by atoms with E-state index in [1.807, 2.05) is 0 Å². The van der Waals surface area contributed by atoms with Crippen LogP contribution in [-0.2, 0) is 34.1 Å². The maximum atomic E-state index is 8.42. The maximum absolute atomic E-state index is 8.42. The molecule has 0 saturated heterocycles. The molecule has 6 heteroatoms. The van der Waals surface area contributed by atoms with Crippen molar-refractivity contribution < 1.29 is 49.2 Å². The Balaban J connectivity index is -0.0000000450. The Labute approximate surface area is 56.9 Å². The fourth-order valence-corrected chi connectivity index (χ4v) is 0. The molecule has 0 aromatic heterocycles. The molecule has 0 N–H and O–H groups in total. The summed E-state index contributed by atoms with van der Waals surface area (Å²) in [5, 5.41) is 25.2. The van der Waals surface area contributed by atoms with Crippen LogP contribution in [0.4, 0.5) is 0 Å². The normalized spacial score (nSPS) is 4.50. The smallest absolute Gasteiger partial charge is 0.907 e. The van der Waals surface area contributed by atoms with Crippen LogP contribution in [-0.4, -0.2) is 7.32 Å². The Hall–Kier alpha value is 0.984. The predicted octanol–water partition coefficient (Wildman–Crippen LogP) is -3.95. The summed E-state index contributed by atoms with van der Waals surface area (Å²) < 4.78 is 0. The van der Waals surface area contributed by atoms with E-state index in [0.717, 1.165) is 0 Å². The molecular weight excluding hydrogens is 170 g/mol. The van der Waals surface area contributed by atoms with Crippen LogP contribution in [0.5, 0.6) is 0 Å². The van der Waals surface area contributed by atoms with Crippen LogP contribution in [0.1, 0.15) is 0 Å². The van der Waals surface area contributed by atoms with Crippen molar-refractivity contribution in [3.05, 3.63) is 0 Å². The molecule has 0 fully saturated rings. The summed E-state index contributed by atoms with van der Waals surface area (Å²) >= 11 is 0. The van der Waals surface area contributed by atoms with Crippen molar-refractivity contribution in [3.63, 3.8) is 0 Å². The van der Waals surface area contributed by atoms with Gasteiger partial charge in [0.1, 0.15) is 0 Å². The van der Waals surface area contributed by atoms with Crippen LogP contribution in [0, 0.1) is 0 Å². The van der Waals surface area contributed by atoms with E-state index in [1.165, 1.54) is 0 Å². The SMILES string of the molecule is [Fe+2].[Mn+2].[O-]B([O-])[O-]. The molecule has 6 heavy (non-hydrogen) atoms. The van der Waals surface area contributed by atoms with Crippen molar-refractivity contribution in [2.45, 2.75) is 0 Å². The third-order valence-electron chi connectivity index (χ3n) is 0. The largest absolute Gasteiger partial charge is 2.00 e. The molecule has 0 saturated carbocycles. The zero-order chi connectivity index (χ0) is 3.58. The first kappa shape index (κ1) is 15.8. The molecule has 35 valence electrons. The summed E-state index contributed by atoms with van der Waals surface area (Å²) in [6, 6.07) is 0. The second kappa shape index (κ2) is 9.36. The Kier molecular flexibility index (Phi) is 24.6. The fourth-order valence-electron chi connectivity index (χ4n) is 0. The molecular formula is BFeMnO3+. The van der Waals surface area contributed by atoms with Crippen LogP contribution >= 0.6 is 0 Å². The van der Waals surface area contributed by atoms with Crippen molar-refractivity contribution in [1.82, 2.24) is 0 Å². The van der Waals surface area contributed by atoms with Gasteiger partial charge < -0.3 is 15.1 Å². The van der Waals surface area contributed by atoms with Gasteiger partial charge in [0.2, 0.25) is 0 Å². The van der Waals surface area contributed by atoms with Gasteiger partial charge in [-0.25, -0.2) is 0 Å². The summed E-state index contributed by atoms with van der Waals surface area (Å²) in [6.45, 7) is 0. The Morgan fingerprint density at radius 1 is 1.00 bits per heavy atom. The minimum atomic E-state index is -2.92. The fraction of sp³-hybridized carbons (Fsp3) is 0. The zero-order valence-corrected chi connectivity index (χ0v) is 4.82. The van der Waals surface area contributed by atoms with Crippen LogP contribution in [0.2, 0.25) is 0 Å². The van der Waals surface area contributed by atoms with Gasteiger partial charge in [0, 0.05) is 0 Å². The van der Waals surface area contributed by atoms with Crippen molar-refractivity contribution >= 4 is 7.32 Å². The average Bonchev–Trinajstić information content (AvgIpc) is 0.811.